The van der Waals surface area contributed by atoms with Gasteiger partial charge in [-0.25, -0.2) is 0 Å². The number of methoxy groups -OCH3 is 1. The summed E-state index contributed by atoms with van der Waals surface area (Å²) < 4.78 is 36.5. The average Bonchev–Trinajstić information content (AvgIpc) is 2.26. The second-order valence-corrected chi connectivity index (χ2v) is 4.68. The minimum atomic E-state index is -4.21. The minimum absolute atomic E-state index is 0. The molecule has 2 aromatic rings. The Bertz CT molecular complexity index is 637. The van der Waals surface area contributed by atoms with Gasteiger partial charge in [0, 0.05) is 48.5 Å². The SMILES string of the molecule is COc1ccc(S(=O)(=O)O)c2ccccc12.[Ca]. The molecule has 0 spiro atoms. The van der Waals surface area contributed by atoms with E-state index in [0.29, 0.717) is 16.5 Å². The van der Waals surface area contributed by atoms with Gasteiger partial charge >= 0.3 is 0 Å². The monoisotopic (exact) mass is 278 g/mol. The smallest absolute Gasteiger partial charge is 0.295 e. The van der Waals surface area contributed by atoms with E-state index < -0.39 is 10.1 Å². The zero-order valence-electron chi connectivity index (χ0n) is 9.25. The van der Waals surface area contributed by atoms with Crippen LogP contribution in [0.5, 0.6) is 5.75 Å². The van der Waals surface area contributed by atoms with Crippen molar-refractivity contribution in [3.8, 4) is 5.75 Å². The molecule has 2 radical (unpaired) electrons. The summed E-state index contributed by atoms with van der Waals surface area (Å²) in [6.07, 6.45) is 0. The molecule has 0 aromatic heterocycles. The topological polar surface area (TPSA) is 63.6 Å². The summed E-state index contributed by atoms with van der Waals surface area (Å²) in [6.45, 7) is 0. The van der Waals surface area contributed by atoms with Crippen LogP contribution in [0.2, 0.25) is 0 Å². The average molecular weight is 278 g/mol. The number of rotatable bonds is 2. The maximum absolute atomic E-state index is 11.2. The largest absolute Gasteiger partial charge is 0.496 e. The Morgan fingerprint density at radius 1 is 1.06 bits per heavy atom. The van der Waals surface area contributed by atoms with Gasteiger partial charge in [-0.2, -0.15) is 8.42 Å². The van der Waals surface area contributed by atoms with E-state index >= 15 is 0 Å². The first kappa shape index (κ1) is 14.7. The predicted molar refractivity (Wildman–Crippen MR) is 66.1 cm³/mol. The second kappa shape index (κ2) is 5.54. The van der Waals surface area contributed by atoms with E-state index in [-0.39, 0.29) is 42.6 Å². The maximum Gasteiger partial charge on any atom is 0.295 e. The van der Waals surface area contributed by atoms with E-state index in [1.54, 1.807) is 24.3 Å². The molecule has 0 heterocycles. The summed E-state index contributed by atoms with van der Waals surface area (Å²) in [5.41, 5.74) is 0. The van der Waals surface area contributed by atoms with Gasteiger partial charge in [0.05, 0.1) is 7.11 Å². The van der Waals surface area contributed by atoms with Crippen LogP contribution in [0.15, 0.2) is 41.3 Å². The van der Waals surface area contributed by atoms with E-state index in [4.69, 9.17) is 9.29 Å². The molecule has 0 saturated heterocycles. The van der Waals surface area contributed by atoms with Gasteiger partial charge in [-0.1, -0.05) is 24.3 Å². The van der Waals surface area contributed by atoms with Crippen molar-refractivity contribution in [3.05, 3.63) is 36.4 Å². The van der Waals surface area contributed by atoms with Crippen LogP contribution in [-0.4, -0.2) is 57.8 Å². The van der Waals surface area contributed by atoms with Crippen LogP contribution in [0, 0.1) is 0 Å². The Morgan fingerprint density at radius 2 is 1.65 bits per heavy atom. The fourth-order valence-corrected chi connectivity index (χ4v) is 2.34. The van der Waals surface area contributed by atoms with Gasteiger partial charge in [0.25, 0.3) is 10.1 Å². The quantitative estimate of drug-likeness (QED) is 0.671. The van der Waals surface area contributed by atoms with Gasteiger partial charge in [0.15, 0.2) is 0 Å². The third-order valence-electron chi connectivity index (χ3n) is 2.34. The predicted octanol–water partition coefficient (Wildman–Crippen LogP) is 1.71. The Labute approximate surface area is 129 Å². The van der Waals surface area contributed by atoms with Crippen molar-refractivity contribution in [1.29, 1.82) is 0 Å². The van der Waals surface area contributed by atoms with Crippen LogP contribution in [-0.2, 0) is 10.1 Å². The Balaban J connectivity index is 0.00000144. The number of ether oxygens (including phenoxy) is 1. The number of hydrogen-bond acceptors (Lipinski definition) is 3. The van der Waals surface area contributed by atoms with E-state index in [1.165, 1.54) is 19.2 Å². The molecule has 86 valence electrons. The summed E-state index contributed by atoms with van der Waals surface area (Å²) >= 11 is 0. The first-order valence-electron chi connectivity index (χ1n) is 4.57. The molecule has 0 saturated carbocycles. The molecule has 0 amide bonds. The zero-order chi connectivity index (χ0) is 11.8. The van der Waals surface area contributed by atoms with Crippen molar-refractivity contribution >= 4 is 58.6 Å². The van der Waals surface area contributed by atoms with E-state index in [1.807, 2.05) is 0 Å². The first-order chi connectivity index (χ1) is 7.54. The van der Waals surface area contributed by atoms with E-state index in [9.17, 15) is 8.42 Å². The van der Waals surface area contributed by atoms with E-state index in [0.717, 1.165) is 0 Å². The van der Waals surface area contributed by atoms with Crippen LogP contribution in [0.1, 0.15) is 0 Å². The molecule has 0 aliphatic heterocycles. The molecular weight excluding hydrogens is 268 g/mol. The Morgan fingerprint density at radius 3 is 2.18 bits per heavy atom. The Kier molecular flexibility index (Phi) is 4.80. The van der Waals surface area contributed by atoms with Gasteiger partial charge in [0.2, 0.25) is 0 Å². The molecule has 0 aliphatic rings. The molecule has 0 aliphatic carbocycles. The first-order valence-corrected chi connectivity index (χ1v) is 6.01. The molecule has 6 heteroatoms. The molecule has 0 unspecified atom stereocenters. The minimum Gasteiger partial charge on any atom is -0.496 e. The number of benzene rings is 2. The van der Waals surface area contributed by atoms with Gasteiger partial charge < -0.3 is 4.74 Å². The molecule has 4 nitrogen and oxygen atoms in total. The molecule has 2 rings (SSSR count). The van der Waals surface area contributed by atoms with Crippen molar-refractivity contribution in [3.63, 3.8) is 0 Å². The number of hydrogen-bond donors (Lipinski definition) is 1. The molecule has 0 bridgehead atoms. The third-order valence-corrected chi connectivity index (χ3v) is 3.25. The van der Waals surface area contributed by atoms with Gasteiger partial charge in [0.1, 0.15) is 10.6 Å². The maximum atomic E-state index is 11.2. The van der Waals surface area contributed by atoms with Gasteiger partial charge in [-0.3, -0.25) is 4.55 Å². The van der Waals surface area contributed by atoms with Gasteiger partial charge in [-0.05, 0) is 12.1 Å². The zero-order valence-corrected chi connectivity index (χ0v) is 12.3. The van der Waals surface area contributed by atoms with Crippen molar-refractivity contribution in [2.75, 3.05) is 7.11 Å². The van der Waals surface area contributed by atoms with Crippen molar-refractivity contribution < 1.29 is 17.7 Å². The molecule has 1 N–H and O–H groups in total. The summed E-state index contributed by atoms with van der Waals surface area (Å²) in [7, 11) is -2.70. The van der Waals surface area contributed by atoms with Crippen molar-refractivity contribution in [2.24, 2.45) is 0 Å². The summed E-state index contributed by atoms with van der Waals surface area (Å²) in [5, 5.41) is 1.10. The van der Waals surface area contributed by atoms with Crippen LogP contribution in [0.25, 0.3) is 10.8 Å². The fourth-order valence-electron chi connectivity index (χ4n) is 1.65. The van der Waals surface area contributed by atoms with Crippen LogP contribution in [0.4, 0.5) is 0 Å². The summed E-state index contributed by atoms with van der Waals surface area (Å²) in [6, 6.07) is 9.70. The normalized spacial score (nSPS) is 10.9. The van der Waals surface area contributed by atoms with Crippen LogP contribution >= 0.6 is 0 Å². The molecule has 17 heavy (non-hydrogen) atoms. The standard InChI is InChI=1S/C11H10O4S.Ca/c1-15-10-6-7-11(16(12,13)14)9-5-3-2-4-8(9)10;/h2-7H,1H3,(H,12,13,14);. The number of fused-ring (bicyclic) bond motifs is 1. The Hall–Kier alpha value is -0.330. The third kappa shape index (κ3) is 2.92. The molecular formula is C11H10CaO4S. The fraction of sp³-hybridized carbons (Fsp3) is 0.0909. The molecule has 0 fully saturated rings. The second-order valence-electron chi connectivity index (χ2n) is 3.29. The van der Waals surface area contributed by atoms with Crippen LogP contribution < -0.4 is 4.74 Å². The van der Waals surface area contributed by atoms with Crippen molar-refractivity contribution in [1.82, 2.24) is 0 Å². The van der Waals surface area contributed by atoms with Crippen LogP contribution in [0.3, 0.4) is 0 Å². The van der Waals surface area contributed by atoms with E-state index in [2.05, 4.69) is 0 Å². The van der Waals surface area contributed by atoms with Crippen molar-refractivity contribution in [2.45, 2.75) is 4.90 Å². The van der Waals surface area contributed by atoms with Gasteiger partial charge in [-0.15, -0.1) is 0 Å². The molecule has 2 aromatic carbocycles. The summed E-state index contributed by atoms with van der Waals surface area (Å²) in [5.74, 6) is 0.572. The summed E-state index contributed by atoms with van der Waals surface area (Å²) in [4.78, 5) is -0.107. The molecule has 0 atom stereocenters.